The third-order valence-electron chi connectivity index (χ3n) is 6.13. The number of anilines is 2. The number of hydrogen-bond donors (Lipinski definition) is 3. The van der Waals surface area contributed by atoms with Gasteiger partial charge in [-0.15, -0.1) is 0 Å². The van der Waals surface area contributed by atoms with Gasteiger partial charge in [0.2, 0.25) is 5.91 Å². The van der Waals surface area contributed by atoms with Crippen LogP contribution in [0.2, 0.25) is 0 Å². The number of aromatic nitrogens is 1. The van der Waals surface area contributed by atoms with Crippen molar-refractivity contribution >= 4 is 40.6 Å². The van der Waals surface area contributed by atoms with Crippen molar-refractivity contribution in [1.29, 1.82) is 0 Å². The lowest BCUT2D eigenvalue weighted by atomic mass is 10.0. The summed E-state index contributed by atoms with van der Waals surface area (Å²) in [4.78, 5) is 40.3. The maximum atomic E-state index is 15.1. The lowest BCUT2D eigenvalue weighted by Gasteiger charge is -2.32. The third-order valence-corrected chi connectivity index (χ3v) is 6.98. The molecule has 1 aromatic heterocycles. The first-order chi connectivity index (χ1) is 17.3. The molecule has 1 unspecified atom stereocenters. The van der Waals surface area contributed by atoms with Gasteiger partial charge in [-0.2, -0.15) is 4.37 Å². The average Bonchev–Trinajstić information content (AvgIpc) is 3.52. The van der Waals surface area contributed by atoms with E-state index >= 15 is 4.39 Å². The van der Waals surface area contributed by atoms with Gasteiger partial charge in [0.1, 0.15) is 22.5 Å². The van der Waals surface area contributed by atoms with Crippen molar-refractivity contribution in [2.75, 3.05) is 17.7 Å². The van der Waals surface area contributed by atoms with Gasteiger partial charge in [0.05, 0.1) is 18.5 Å². The van der Waals surface area contributed by atoms with Crippen LogP contribution < -0.4 is 26.4 Å². The third kappa shape index (κ3) is 5.01. The Morgan fingerprint density at radius 1 is 1.14 bits per heavy atom. The highest BCUT2D eigenvalue weighted by molar-refractivity contribution is 7.09. The maximum absolute atomic E-state index is 15.1. The summed E-state index contributed by atoms with van der Waals surface area (Å²) in [6.45, 7) is 0. The number of rotatable bonds is 8. The van der Waals surface area contributed by atoms with Gasteiger partial charge in [-0.05, 0) is 54.2 Å². The molecule has 0 bridgehead atoms. The number of nitrogens with two attached hydrogens (primary N) is 2. The molecular weight excluding hydrogens is 485 g/mol. The molecule has 0 aliphatic heterocycles. The van der Waals surface area contributed by atoms with Crippen LogP contribution in [-0.4, -0.2) is 35.2 Å². The smallest absolute Gasteiger partial charge is 0.273 e. The molecule has 0 radical (unpaired) electrons. The summed E-state index contributed by atoms with van der Waals surface area (Å²) in [6, 6.07) is 10.9. The van der Waals surface area contributed by atoms with Crippen LogP contribution in [0, 0.1) is 5.82 Å². The molecule has 1 atom stereocenters. The van der Waals surface area contributed by atoms with Gasteiger partial charge in [-0.3, -0.25) is 19.3 Å². The van der Waals surface area contributed by atoms with E-state index in [2.05, 4.69) is 9.69 Å². The van der Waals surface area contributed by atoms with Crippen LogP contribution in [0.25, 0.3) is 0 Å². The molecule has 0 saturated heterocycles. The standard InChI is InChI=1S/C25H26FN5O4S/c1-35-16-12-10-14(11-13-16)21(24(33)29-15-6-2-3-7-15)31(18-9-5-4-8-17(18)26)25(34)22-19(27)20(23(28)32)30-36-22/h4-5,8-13,15,21H,2-3,6-7,27H2,1H3,(H2,28,32)(H,29,33). The molecule has 1 fully saturated rings. The number of methoxy groups -OCH3 is 1. The van der Waals surface area contributed by atoms with E-state index in [9.17, 15) is 14.4 Å². The Labute approximate surface area is 211 Å². The van der Waals surface area contributed by atoms with Gasteiger partial charge in [-0.25, -0.2) is 4.39 Å². The predicted octanol–water partition coefficient (Wildman–Crippen LogP) is 3.42. The topological polar surface area (TPSA) is 141 Å². The van der Waals surface area contributed by atoms with Crippen LogP contribution in [0.5, 0.6) is 5.75 Å². The summed E-state index contributed by atoms with van der Waals surface area (Å²) < 4.78 is 24.3. The van der Waals surface area contributed by atoms with E-state index in [1.165, 1.54) is 25.3 Å². The summed E-state index contributed by atoms with van der Waals surface area (Å²) in [5, 5.41) is 3.02. The Kier molecular flexibility index (Phi) is 7.49. The number of benzene rings is 2. The molecule has 9 nitrogen and oxygen atoms in total. The van der Waals surface area contributed by atoms with Gasteiger partial charge in [0.25, 0.3) is 11.8 Å². The Bertz CT molecular complexity index is 1270. The molecule has 5 N–H and O–H groups in total. The molecule has 36 heavy (non-hydrogen) atoms. The lowest BCUT2D eigenvalue weighted by molar-refractivity contribution is -0.123. The van der Waals surface area contributed by atoms with Gasteiger partial charge in [0, 0.05) is 6.04 Å². The Balaban J connectivity index is 1.86. The first-order valence-corrected chi connectivity index (χ1v) is 12.2. The highest BCUT2D eigenvalue weighted by atomic mass is 32.1. The summed E-state index contributed by atoms with van der Waals surface area (Å²) in [5.41, 5.74) is 11.2. The number of primary amides is 1. The summed E-state index contributed by atoms with van der Waals surface area (Å²) in [6.07, 6.45) is 3.61. The van der Waals surface area contributed by atoms with Crippen molar-refractivity contribution in [2.24, 2.45) is 5.73 Å². The average molecular weight is 512 g/mol. The minimum Gasteiger partial charge on any atom is -0.497 e. The summed E-state index contributed by atoms with van der Waals surface area (Å²) in [5.74, 6) is -2.32. The second-order valence-corrected chi connectivity index (χ2v) is 9.20. The minimum atomic E-state index is -1.25. The van der Waals surface area contributed by atoms with E-state index in [1.54, 1.807) is 30.3 Å². The van der Waals surface area contributed by atoms with Crippen LogP contribution in [-0.2, 0) is 4.79 Å². The van der Waals surface area contributed by atoms with E-state index in [1.807, 2.05) is 0 Å². The molecule has 1 aliphatic rings. The van der Waals surface area contributed by atoms with E-state index in [0.29, 0.717) is 22.8 Å². The quantitative estimate of drug-likeness (QED) is 0.423. The molecular formula is C25H26FN5O4S. The molecule has 1 saturated carbocycles. The number of halogens is 1. The molecule has 0 spiro atoms. The lowest BCUT2D eigenvalue weighted by Crippen LogP contribution is -2.46. The number of hydrogen-bond acceptors (Lipinski definition) is 7. The fourth-order valence-corrected chi connectivity index (χ4v) is 5.05. The Hall–Kier alpha value is -3.99. The Morgan fingerprint density at radius 2 is 1.81 bits per heavy atom. The molecule has 3 aromatic rings. The molecule has 11 heteroatoms. The van der Waals surface area contributed by atoms with E-state index in [0.717, 1.165) is 30.6 Å². The molecule has 3 amide bonds. The second-order valence-electron chi connectivity index (χ2n) is 8.43. The van der Waals surface area contributed by atoms with Gasteiger partial charge in [-0.1, -0.05) is 37.1 Å². The monoisotopic (exact) mass is 511 g/mol. The van der Waals surface area contributed by atoms with E-state index < -0.39 is 29.6 Å². The first-order valence-electron chi connectivity index (χ1n) is 11.4. The van der Waals surface area contributed by atoms with Crippen molar-refractivity contribution in [3.8, 4) is 5.75 Å². The van der Waals surface area contributed by atoms with Crippen LogP contribution in [0.15, 0.2) is 48.5 Å². The number of nitrogens with zero attached hydrogens (tertiary/aromatic N) is 2. The molecule has 2 aromatic carbocycles. The normalized spacial score (nSPS) is 14.3. The zero-order valence-corrected chi connectivity index (χ0v) is 20.4. The van der Waals surface area contributed by atoms with Crippen molar-refractivity contribution in [2.45, 2.75) is 37.8 Å². The van der Waals surface area contributed by atoms with Crippen molar-refractivity contribution < 1.29 is 23.5 Å². The first kappa shape index (κ1) is 25.1. The number of nitrogen functional groups attached to an aromatic ring is 1. The molecule has 4 rings (SSSR count). The number of carbonyl (C=O) groups is 3. The molecule has 188 valence electrons. The van der Waals surface area contributed by atoms with Crippen molar-refractivity contribution in [1.82, 2.24) is 9.69 Å². The number of amides is 3. The second kappa shape index (κ2) is 10.7. The number of nitrogens with one attached hydrogen (secondary N) is 1. The zero-order valence-electron chi connectivity index (χ0n) is 19.6. The van der Waals surface area contributed by atoms with E-state index in [-0.39, 0.29) is 28.0 Å². The van der Waals surface area contributed by atoms with Crippen LogP contribution in [0.3, 0.4) is 0 Å². The van der Waals surface area contributed by atoms with Gasteiger partial charge < -0.3 is 21.5 Å². The van der Waals surface area contributed by atoms with Crippen LogP contribution in [0.1, 0.15) is 57.4 Å². The fourth-order valence-electron chi connectivity index (χ4n) is 4.31. The summed E-state index contributed by atoms with van der Waals surface area (Å²) >= 11 is 0.664. The van der Waals surface area contributed by atoms with Crippen LogP contribution >= 0.6 is 11.5 Å². The van der Waals surface area contributed by atoms with Crippen LogP contribution in [0.4, 0.5) is 15.8 Å². The zero-order chi connectivity index (χ0) is 25.8. The molecule has 1 aliphatic carbocycles. The minimum absolute atomic E-state index is 0.0502. The highest BCUT2D eigenvalue weighted by Gasteiger charge is 2.38. The largest absolute Gasteiger partial charge is 0.497 e. The molecule has 1 heterocycles. The number of para-hydroxylation sites is 1. The van der Waals surface area contributed by atoms with Crippen molar-refractivity contribution in [3.63, 3.8) is 0 Å². The number of ether oxygens (including phenoxy) is 1. The van der Waals surface area contributed by atoms with Gasteiger partial charge >= 0.3 is 0 Å². The van der Waals surface area contributed by atoms with E-state index in [4.69, 9.17) is 16.2 Å². The summed E-state index contributed by atoms with van der Waals surface area (Å²) in [7, 11) is 1.51. The SMILES string of the molecule is COc1ccc(C(C(=O)NC2CCCC2)N(C(=O)c2snc(C(N)=O)c2N)c2ccccc2F)cc1. The number of carbonyl (C=O) groups excluding carboxylic acids is 3. The van der Waals surface area contributed by atoms with Gasteiger partial charge in [0.15, 0.2) is 5.69 Å². The Morgan fingerprint density at radius 3 is 2.39 bits per heavy atom. The van der Waals surface area contributed by atoms with Crippen molar-refractivity contribution in [3.05, 3.63) is 70.5 Å². The maximum Gasteiger partial charge on any atom is 0.273 e. The predicted molar refractivity (Wildman–Crippen MR) is 134 cm³/mol. The fraction of sp³-hybridized carbons (Fsp3) is 0.280. The highest BCUT2D eigenvalue weighted by Crippen LogP contribution is 2.35.